The molecule has 3 rings (SSSR count). The maximum absolute atomic E-state index is 5.33. The summed E-state index contributed by atoms with van der Waals surface area (Å²) in [4.78, 5) is 6.73. The maximum Gasteiger partial charge on any atom is 0.191 e. The van der Waals surface area contributed by atoms with Gasteiger partial charge in [0.25, 0.3) is 0 Å². The number of hydrogen-bond donors (Lipinski definition) is 2. The van der Waals surface area contributed by atoms with Crippen molar-refractivity contribution < 1.29 is 4.74 Å². The number of halogens is 1. The fourth-order valence-electron chi connectivity index (χ4n) is 3.16. The number of anilines is 1. The van der Waals surface area contributed by atoms with E-state index in [1.165, 1.54) is 11.4 Å². The molecule has 142 valence electrons. The summed E-state index contributed by atoms with van der Waals surface area (Å²) in [5.74, 6) is 1.74. The molecule has 26 heavy (non-hydrogen) atoms. The molecule has 0 spiro atoms. The summed E-state index contributed by atoms with van der Waals surface area (Å²) in [5.41, 5.74) is 2.43. The predicted molar refractivity (Wildman–Crippen MR) is 118 cm³/mol. The number of aromatic nitrogens is 1. The van der Waals surface area contributed by atoms with Crippen LogP contribution in [-0.2, 0) is 13.6 Å². The van der Waals surface area contributed by atoms with E-state index in [1.807, 2.05) is 19.2 Å². The molecule has 0 radical (unpaired) electrons. The standard InChI is InChI=1S/C19H27N5O.HI/c1-20-19(21-13-17-7-5-10-23(17)2)22-15-9-11-24(14-15)16-6-4-8-18(12-16)25-3;/h4-8,10,12,15H,9,11,13-14H2,1-3H3,(H2,20,21,22);1H. The zero-order chi connectivity index (χ0) is 17.6. The lowest BCUT2D eigenvalue weighted by molar-refractivity contribution is 0.415. The summed E-state index contributed by atoms with van der Waals surface area (Å²) in [6, 6.07) is 12.8. The molecule has 1 aromatic heterocycles. The number of benzene rings is 1. The Morgan fingerprint density at radius 1 is 1.31 bits per heavy atom. The molecule has 2 N–H and O–H groups in total. The normalized spacial score (nSPS) is 17.0. The van der Waals surface area contributed by atoms with Crippen molar-refractivity contribution in [2.45, 2.75) is 19.0 Å². The zero-order valence-corrected chi connectivity index (χ0v) is 17.9. The highest BCUT2D eigenvalue weighted by molar-refractivity contribution is 14.0. The van der Waals surface area contributed by atoms with Crippen LogP contribution in [0.4, 0.5) is 5.69 Å². The summed E-state index contributed by atoms with van der Waals surface area (Å²) in [7, 11) is 5.57. The minimum absolute atomic E-state index is 0. The number of methoxy groups -OCH3 is 1. The first kappa shape index (κ1) is 20.4. The largest absolute Gasteiger partial charge is 0.497 e. The third-order valence-electron chi connectivity index (χ3n) is 4.66. The first-order valence-corrected chi connectivity index (χ1v) is 8.66. The molecule has 0 bridgehead atoms. The minimum atomic E-state index is 0. The van der Waals surface area contributed by atoms with E-state index in [2.05, 4.69) is 62.6 Å². The molecule has 1 aliphatic heterocycles. The number of guanidine groups is 1. The van der Waals surface area contributed by atoms with Gasteiger partial charge in [-0.1, -0.05) is 6.07 Å². The van der Waals surface area contributed by atoms with Crippen LogP contribution in [-0.4, -0.2) is 43.8 Å². The van der Waals surface area contributed by atoms with Crippen LogP contribution < -0.4 is 20.3 Å². The molecule has 6 nitrogen and oxygen atoms in total. The van der Waals surface area contributed by atoms with E-state index in [4.69, 9.17) is 4.74 Å². The molecular weight excluding hydrogens is 441 g/mol. The second-order valence-corrected chi connectivity index (χ2v) is 6.31. The van der Waals surface area contributed by atoms with Crippen LogP contribution in [0.25, 0.3) is 0 Å². The molecule has 1 fully saturated rings. The Labute approximate surface area is 172 Å². The van der Waals surface area contributed by atoms with Crippen LogP contribution in [0.15, 0.2) is 47.6 Å². The fourth-order valence-corrected chi connectivity index (χ4v) is 3.16. The number of nitrogens with one attached hydrogen (secondary N) is 2. The number of hydrogen-bond acceptors (Lipinski definition) is 3. The van der Waals surface area contributed by atoms with Crippen molar-refractivity contribution >= 4 is 35.6 Å². The Morgan fingerprint density at radius 3 is 2.85 bits per heavy atom. The van der Waals surface area contributed by atoms with E-state index in [0.717, 1.165) is 37.8 Å². The predicted octanol–water partition coefficient (Wildman–Crippen LogP) is 2.60. The highest BCUT2D eigenvalue weighted by atomic mass is 127. The second kappa shape index (κ2) is 9.70. The van der Waals surface area contributed by atoms with Gasteiger partial charge in [-0.15, -0.1) is 24.0 Å². The molecular formula is C19H28IN5O. The number of aliphatic imine (C=N–C) groups is 1. The molecule has 0 aliphatic carbocycles. The highest BCUT2D eigenvalue weighted by Gasteiger charge is 2.23. The van der Waals surface area contributed by atoms with Crippen LogP contribution in [0.5, 0.6) is 5.75 Å². The van der Waals surface area contributed by atoms with Crippen molar-refractivity contribution in [3.63, 3.8) is 0 Å². The van der Waals surface area contributed by atoms with Gasteiger partial charge in [-0.25, -0.2) is 0 Å². The molecule has 7 heteroatoms. The smallest absolute Gasteiger partial charge is 0.191 e. The average Bonchev–Trinajstić information content (AvgIpc) is 3.27. The van der Waals surface area contributed by atoms with Gasteiger partial charge < -0.3 is 24.8 Å². The average molecular weight is 469 g/mol. The summed E-state index contributed by atoms with van der Waals surface area (Å²) in [6.07, 6.45) is 3.14. The quantitative estimate of drug-likeness (QED) is 0.402. The van der Waals surface area contributed by atoms with E-state index in [9.17, 15) is 0 Å². The van der Waals surface area contributed by atoms with Crippen molar-refractivity contribution in [2.24, 2.45) is 12.0 Å². The molecule has 2 heterocycles. The van der Waals surface area contributed by atoms with Gasteiger partial charge in [0.2, 0.25) is 0 Å². The lowest BCUT2D eigenvalue weighted by atomic mass is 10.2. The molecule has 1 aromatic carbocycles. The second-order valence-electron chi connectivity index (χ2n) is 6.31. The lowest BCUT2D eigenvalue weighted by Gasteiger charge is -2.21. The van der Waals surface area contributed by atoms with Crippen LogP contribution in [0.1, 0.15) is 12.1 Å². The van der Waals surface area contributed by atoms with Gasteiger partial charge >= 0.3 is 0 Å². The molecule has 1 atom stereocenters. The van der Waals surface area contributed by atoms with Gasteiger partial charge in [0.15, 0.2) is 5.96 Å². The third-order valence-corrected chi connectivity index (χ3v) is 4.66. The van der Waals surface area contributed by atoms with Gasteiger partial charge in [0, 0.05) is 56.9 Å². The first-order valence-electron chi connectivity index (χ1n) is 8.66. The highest BCUT2D eigenvalue weighted by Crippen LogP contribution is 2.24. The van der Waals surface area contributed by atoms with E-state index in [-0.39, 0.29) is 24.0 Å². The topological polar surface area (TPSA) is 53.8 Å². The number of nitrogens with zero attached hydrogens (tertiary/aromatic N) is 3. The van der Waals surface area contributed by atoms with Crippen molar-refractivity contribution in [3.8, 4) is 5.75 Å². The summed E-state index contributed by atoms with van der Waals surface area (Å²) < 4.78 is 7.44. The zero-order valence-electron chi connectivity index (χ0n) is 15.6. The van der Waals surface area contributed by atoms with Crippen molar-refractivity contribution in [2.75, 3.05) is 32.1 Å². The Morgan fingerprint density at radius 2 is 2.15 bits per heavy atom. The van der Waals surface area contributed by atoms with Crippen LogP contribution >= 0.6 is 24.0 Å². The number of aryl methyl sites for hydroxylation is 1. The summed E-state index contributed by atoms with van der Waals surface area (Å²) >= 11 is 0. The van der Waals surface area contributed by atoms with Crippen LogP contribution in [0, 0.1) is 0 Å². The molecule has 1 saturated heterocycles. The van der Waals surface area contributed by atoms with E-state index in [1.54, 1.807) is 7.11 Å². The van der Waals surface area contributed by atoms with Crippen molar-refractivity contribution in [1.29, 1.82) is 0 Å². The Bertz CT molecular complexity index is 730. The SMILES string of the molecule is CN=C(NCc1cccn1C)NC1CCN(c2cccc(OC)c2)C1.I. The molecule has 0 amide bonds. The van der Waals surface area contributed by atoms with Crippen molar-refractivity contribution in [3.05, 3.63) is 48.3 Å². The van der Waals surface area contributed by atoms with E-state index >= 15 is 0 Å². The monoisotopic (exact) mass is 469 g/mol. The minimum Gasteiger partial charge on any atom is -0.497 e. The third kappa shape index (κ3) is 5.06. The van der Waals surface area contributed by atoms with Gasteiger partial charge in [-0.05, 0) is 30.7 Å². The van der Waals surface area contributed by atoms with Gasteiger partial charge in [0.05, 0.1) is 13.7 Å². The molecule has 2 aromatic rings. The van der Waals surface area contributed by atoms with Crippen LogP contribution in [0.3, 0.4) is 0 Å². The fraction of sp³-hybridized carbons (Fsp3) is 0.421. The van der Waals surface area contributed by atoms with E-state index in [0.29, 0.717) is 6.04 Å². The number of ether oxygens (including phenoxy) is 1. The Hall–Kier alpha value is -1.90. The van der Waals surface area contributed by atoms with Gasteiger partial charge in [-0.2, -0.15) is 0 Å². The summed E-state index contributed by atoms with van der Waals surface area (Å²) in [5, 5.41) is 6.92. The number of rotatable bonds is 5. The summed E-state index contributed by atoms with van der Waals surface area (Å²) in [6.45, 7) is 2.74. The van der Waals surface area contributed by atoms with Gasteiger partial charge in [-0.3, -0.25) is 4.99 Å². The molecule has 1 unspecified atom stereocenters. The van der Waals surface area contributed by atoms with Crippen LogP contribution in [0.2, 0.25) is 0 Å². The molecule has 1 aliphatic rings. The van der Waals surface area contributed by atoms with Gasteiger partial charge in [0.1, 0.15) is 5.75 Å². The van der Waals surface area contributed by atoms with E-state index < -0.39 is 0 Å². The lowest BCUT2D eigenvalue weighted by Crippen LogP contribution is -2.44. The maximum atomic E-state index is 5.33. The van der Waals surface area contributed by atoms with Crippen molar-refractivity contribution in [1.82, 2.24) is 15.2 Å². The Balaban J connectivity index is 0.00000243. The molecule has 0 saturated carbocycles. The Kier molecular flexibility index (Phi) is 7.62. The first-order chi connectivity index (χ1) is 12.2.